The summed E-state index contributed by atoms with van der Waals surface area (Å²) in [4.78, 5) is 0. The van der Waals surface area contributed by atoms with Gasteiger partial charge in [-0.1, -0.05) is 60.1 Å². The zero-order valence-electron chi connectivity index (χ0n) is 10.9. The number of benzene rings is 2. The Labute approximate surface area is 129 Å². The van der Waals surface area contributed by atoms with Crippen molar-refractivity contribution < 1.29 is 4.74 Å². The molecule has 20 heavy (non-hydrogen) atoms. The fourth-order valence-electron chi connectivity index (χ4n) is 1.79. The zero-order chi connectivity index (χ0) is 14.4. The van der Waals surface area contributed by atoms with Gasteiger partial charge in [0.1, 0.15) is 12.4 Å². The summed E-state index contributed by atoms with van der Waals surface area (Å²) in [5, 5.41) is 4.44. The summed E-state index contributed by atoms with van der Waals surface area (Å²) in [7, 11) is 0. The Kier molecular flexibility index (Phi) is 5.33. The van der Waals surface area contributed by atoms with E-state index in [-0.39, 0.29) is 0 Å². The van der Waals surface area contributed by atoms with Crippen LogP contribution in [0.4, 0.5) is 5.69 Å². The molecule has 2 aromatic rings. The standard InChI is InChI=1S/C16H15Cl2NO/c1-2-10-20-15-9-4-3-6-12(15)11-19-16-13(17)7-5-8-14(16)18/h2-9,19H,1,10-11H2. The average Bonchev–Trinajstić information content (AvgIpc) is 2.45. The number of ether oxygens (including phenoxy) is 1. The van der Waals surface area contributed by atoms with Crippen LogP contribution in [0.3, 0.4) is 0 Å². The van der Waals surface area contributed by atoms with Gasteiger partial charge >= 0.3 is 0 Å². The topological polar surface area (TPSA) is 21.3 Å². The van der Waals surface area contributed by atoms with Crippen LogP contribution in [0.15, 0.2) is 55.1 Å². The number of nitrogens with one attached hydrogen (secondary N) is 1. The van der Waals surface area contributed by atoms with Crippen LogP contribution >= 0.6 is 23.2 Å². The molecule has 0 aromatic heterocycles. The first kappa shape index (κ1) is 14.8. The molecule has 0 heterocycles. The van der Waals surface area contributed by atoms with E-state index in [2.05, 4.69) is 11.9 Å². The number of halogens is 2. The zero-order valence-corrected chi connectivity index (χ0v) is 12.4. The summed E-state index contributed by atoms with van der Waals surface area (Å²) in [6.45, 7) is 4.70. The fourth-order valence-corrected chi connectivity index (χ4v) is 2.32. The minimum absolute atomic E-state index is 0.476. The third kappa shape index (κ3) is 3.69. The molecule has 0 amide bonds. The van der Waals surface area contributed by atoms with Gasteiger partial charge < -0.3 is 10.1 Å². The van der Waals surface area contributed by atoms with Crippen LogP contribution in [0.5, 0.6) is 5.75 Å². The van der Waals surface area contributed by atoms with E-state index in [4.69, 9.17) is 27.9 Å². The van der Waals surface area contributed by atoms with Crippen molar-refractivity contribution in [2.75, 3.05) is 11.9 Å². The van der Waals surface area contributed by atoms with Crippen LogP contribution < -0.4 is 10.1 Å². The minimum Gasteiger partial charge on any atom is -0.489 e. The molecule has 1 N–H and O–H groups in total. The van der Waals surface area contributed by atoms with Crippen molar-refractivity contribution in [2.24, 2.45) is 0 Å². The van der Waals surface area contributed by atoms with Crippen molar-refractivity contribution in [1.82, 2.24) is 0 Å². The molecule has 0 unspecified atom stereocenters. The van der Waals surface area contributed by atoms with Gasteiger partial charge in [-0.25, -0.2) is 0 Å². The molecule has 104 valence electrons. The Morgan fingerprint density at radius 1 is 1.05 bits per heavy atom. The molecule has 4 heteroatoms. The summed E-state index contributed by atoms with van der Waals surface area (Å²) in [5.41, 5.74) is 1.76. The Hall–Kier alpha value is -1.64. The maximum absolute atomic E-state index is 6.13. The van der Waals surface area contributed by atoms with Gasteiger partial charge in [-0.3, -0.25) is 0 Å². The molecule has 2 nitrogen and oxygen atoms in total. The van der Waals surface area contributed by atoms with Crippen molar-refractivity contribution in [3.05, 3.63) is 70.7 Å². The van der Waals surface area contributed by atoms with E-state index in [1.807, 2.05) is 30.3 Å². The molecule has 0 saturated heterocycles. The number of hydrogen-bond acceptors (Lipinski definition) is 2. The average molecular weight is 308 g/mol. The lowest BCUT2D eigenvalue weighted by Crippen LogP contribution is -2.04. The molecular weight excluding hydrogens is 293 g/mol. The lowest BCUT2D eigenvalue weighted by molar-refractivity contribution is 0.359. The predicted molar refractivity (Wildman–Crippen MR) is 85.9 cm³/mol. The van der Waals surface area contributed by atoms with Gasteiger partial charge in [0.05, 0.1) is 15.7 Å². The second-order valence-electron chi connectivity index (χ2n) is 4.16. The smallest absolute Gasteiger partial charge is 0.124 e. The van der Waals surface area contributed by atoms with Gasteiger partial charge in [0.2, 0.25) is 0 Å². The Morgan fingerprint density at radius 3 is 2.45 bits per heavy atom. The third-order valence-electron chi connectivity index (χ3n) is 2.75. The second kappa shape index (κ2) is 7.22. The van der Waals surface area contributed by atoms with E-state index in [0.717, 1.165) is 17.0 Å². The van der Waals surface area contributed by atoms with Gasteiger partial charge in [0.25, 0.3) is 0 Å². The molecule has 0 bridgehead atoms. The van der Waals surface area contributed by atoms with E-state index in [9.17, 15) is 0 Å². The molecule has 0 atom stereocenters. The van der Waals surface area contributed by atoms with Crippen molar-refractivity contribution in [3.63, 3.8) is 0 Å². The number of anilines is 1. The predicted octanol–water partition coefficient (Wildman–Crippen LogP) is 5.17. The molecule has 0 radical (unpaired) electrons. The van der Waals surface area contributed by atoms with Gasteiger partial charge in [-0.15, -0.1) is 0 Å². The molecule has 2 rings (SSSR count). The normalized spacial score (nSPS) is 10.1. The van der Waals surface area contributed by atoms with Crippen molar-refractivity contribution in [2.45, 2.75) is 6.54 Å². The SMILES string of the molecule is C=CCOc1ccccc1CNc1c(Cl)cccc1Cl. The maximum Gasteiger partial charge on any atom is 0.124 e. The minimum atomic E-state index is 0.476. The van der Waals surface area contributed by atoms with Gasteiger partial charge in [-0.05, 0) is 18.2 Å². The highest BCUT2D eigenvalue weighted by Crippen LogP contribution is 2.31. The highest BCUT2D eigenvalue weighted by atomic mass is 35.5. The quantitative estimate of drug-likeness (QED) is 0.743. The van der Waals surface area contributed by atoms with Crippen LogP contribution in [0, 0.1) is 0 Å². The van der Waals surface area contributed by atoms with Crippen molar-refractivity contribution in [1.29, 1.82) is 0 Å². The number of para-hydroxylation sites is 2. The first-order valence-corrected chi connectivity index (χ1v) is 6.97. The molecule has 0 saturated carbocycles. The summed E-state index contributed by atoms with van der Waals surface area (Å²) in [6, 6.07) is 13.2. The molecular formula is C16H15Cl2NO. The van der Waals surface area contributed by atoms with Crippen LogP contribution in [0.25, 0.3) is 0 Å². The van der Waals surface area contributed by atoms with Crippen LogP contribution in [-0.2, 0) is 6.54 Å². The summed E-state index contributed by atoms with van der Waals surface area (Å²) >= 11 is 12.3. The molecule has 2 aromatic carbocycles. The van der Waals surface area contributed by atoms with Crippen LogP contribution in [0.1, 0.15) is 5.56 Å². The summed E-state index contributed by atoms with van der Waals surface area (Å²) in [5.74, 6) is 0.822. The maximum atomic E-state index is 6.13. The van der Waals surface area contributed by atoms with Gasteiger partial charge in [0.15, 0.2) is 0 Å². The fraction of sp³-hybridized carbons (Fsp3) is 0.125. The third-order valence-corrected chi connectivity index (χ3v) is 3.38. The largest absolute Gasteiger partial charge is 0.489 e. The van der Waals surface area contributed by atoms with E-state index >= 15 is 0 Å². The summed E-state index contributed by atoms with van der Waals surface area (Å²) < 4.78 is 5.61. The summed E-state index contributed by atoms with van der Waals surface area (Å²) in [6.07, 6.45) is 1.72. The van der Waals surface area contributed by atoms with Crippen molar-refractivity contribution in [3.8, 4) is 5.75 Å². The first-order valence-electron chi connectivity index (χ1n) is 6.22. The number of rotatable bonds is 6. The van der Waals surface area contributed by atoms with E-state index in [0.29, 0.717) is 23.2 Å². The highest BCUT2D eigenvalue weighted by Gasteiger charge is 2.07. The Morgan fingerprint density at radius 2 is 1.75 bits per heavy atom. The van der Waals surface area contributed by atoms with Crippen molar-refractivity contribution >= 4 is 28.9 Å². The lowest BCUT2D eigenvalue weighted by Gasteiger charge is -2.13. The first-order chi connectivity index (χ1) is 9.72. The molecule has 0 spiro atoms. The monoisotopic (exact) mass is 307 g/mol. The van der Waals surface area contributed by atoms with Gasteiger partial charge in [0, 0.05) is 12.1 Å². The van der Waals surface area contributed by atoms with E-state index < -0.39 is 0 Å². The van der Waals surface area contributed by atoms with E-state index in [1.165, 1.54) is 0 Å². The van der Waals surface area contributed by atoms with E-state index in [1.54, 1.807) is 18.2 Å². The number of hydrogen-bond donors (Lipinski definition) is 1. The molecule has 0 aliphatic rings. The van der Waals surface area contributed by atoms with Gasteiger partial charge in [-0.2, -0.15) is 0 Å². The Balaban J connectivity index is 2.13. The lowest BCUT2D eigenvalue weighted by atomic mass is 10.2. The highest BCUT2D eigenvalue weighted by molar-refractivity contribution is 6.39. The second-order valence-corrected chi connectivity index (χ2v) is 4.97. The Bertz CT molecular complexity index is 579. The molecule has 0 aliphatic heterocycles. The molecule has 0 fully saturated rings. The van der Waals surface area contributed by atoms with Crippen LogP contribution in [-0.4, -0.2) is 6.61 Å². The van der Waals surface area contributed by atoms with Crippen LogP contribution in [0.2, 0.25) is 10.0 Å². The molecule has 0 aliphatic carbocycles.